The Bertz CT molecular complexity index is 1370. The molecule has 35 heavy (non-hydrogen) atoms. The summed E-state index contributed by atoms with van der Waals surface area (Å²) in [5, 5.41) is 18.2. The number of hydrogen-bond donors (Lipinski definition) is 2. The van der Waals surface area contributed by atoms with Gasteiger partial charge in [-0.1, -0.05) is 11.3 Å². The fraction of sp³-hybridized carbons (Fsp3) is 0.250. The molecule has 14 nitrogen and oxygen atoms in total. The van der Waals surface area contributed by atoms with Crippen molar-refractivity contribution >= 4 is 34.0 Å². The number of ether oxygens (including phenoxy) is 3. The molecule has 0 aliphatic carbocycles. The summed E-state index contributed by atoms with van der Waals surface area (Å²) < 4.78 is 22.2. The average Bonchev–Trinajstić information content (AvgIpc) is 3.48. The van der Waals surface area contributed by atoms with Gasteiger partial charge < -0.3 is 23.9 Å². The molecule has 4 aromatic heterocycles. The van der Waals surface area contributed by atoms with Crippen LogP contribution in [-0.4, -0.2) is 63.3 Å². The topological polar surface area (TPSA) is 168 Å². The normalized spacial score (nSPS) is 10.7. The lowest BCUT2D eigenvalue weighted by molar-refractivity contribution is 0.0991. The van der Waals surface area contributed by atoms with Gasteiger partial charge in [-0.25, -0.2) is 19.4 Å². The molecule has 1 amide bonds. The molecule has 0 spiro atoms. The van der Waals surface area contributed by atoms with Crippen molar-refractivity contribution in [2.75, 3.05) is 38.1 Å². The van der Waals surface area contributed by atoms with Gasteiger partial charge in [-0.15, -0.1) is 10.2 Å². The SMILES string of the molecule is COCCOc1cnc(Nc2cc(C(=O)Nc3nnc(-n4nccc4C)s3)oc(=O)c2OC)nc1. The molecule has 4 heterocycles. The molecule has 0 atom stereocenters. The third-order valence-electron chi connectivity index (χ3n) is 4.41. The zero-order chi connectivity index (χ0) is 24.8. The number of anilines is 3. The van der Waals surface area contributed by atoms with E-state index in [0.717, 1.165) is 17.0 Å². The van der Waals surface area contributed by atoms with E-state index in [2.05, 4.69) is 35.9 Å². The van der Waals surface area contributed by atoms with E-state index in [9.17, 15) is 9.59 Å². The molecule has 0 saturated carbocycles. The van der Waals surface area contributed by atoms with Crippen LogP contribution in [-0.2, 0) is 4.74 Å². The summed E-state index contributed by atoms with van der Waals surface area (Å²) in [6.45, 7) is 2.62. The molecular weight excluding hydrogens is 480 g/mol. The van der Waals surface area contributed by atoms with E-state index in [0.29, 0.717) is 24.1 Å². The third-order valence-corrected chi connectivity index (χ3v) is 5.23. The molecule has 0 radical (unpaired) electrons. The van der Waals surface area contributed by atoms with E-state index >= 15 is 0 Å². The van der Waals surface area contributed by atoms with Crippen LogP contribution < -0.4 is 25.7 Å². The Balaban J connectivity index is 1.51. The maximum atomic E-state index is 12.7. The van der Waals surface area contributed by atoms with Gasteiger partial charge in [-0.2, -0.15) is 5.10 Å². The fourth-order valence-corrected chi connectivity index (χ4v) is 3.54. The summed E-state index contributed by atoms with van der Waals surface area (Å²) in [5.74, 6) is -0.574. The van der Waals surface area contributed by atoms with Gasteiger partial charge in [-0.3, -0.25) is 10.1 Å². The van der Waals surface area contributed by atoms with Gasteiger partial charge in [0.15, 0.2) is 11.5 Å². The number of amides is 1. The monoisotopic (exact) mass is 500 g/mol. The Morgan fingerprint density at radius 2 is 2.00 bits per heavy atom. The molecule has 0 fully saturated rings. The minimum atomic E-state index is -0.868. The highest BCUT2D eigenvalue weighted by Crippen LogP contribution is 2.26. The molecule has 4 rings (SSSR count). The molecule has 0 aromatic carbocycles. The first-order valence-electron chi connectivity index (χ1n) is 10.1. The summed E-state index contributed by atoms with van der Waals surface area (Å²) >= 11 is 1.10. The Labute approximate surface area is 201 Å². The van der Waals surface area contributed by atoms with Crippen LogP contribution in [0.2, 0.25) is 0 Å². The van der Waals surface area contributed by atoms with E-state index in [1.54, 1.807) is 18.0 Å². The van der Waals surface area contributed by atoms with Crippen LogP contribution in [0, 0.1) is 6.92 Å². The molecule has 0 aliphatic heterocycles. The first-order valence-corrected chi connectivity index (χ1v) is 10.9. The largest absolute Gasteiger partial charge is 0.488 e. The number of hydrogen-bond acceptors (Lipinski definition) is 13. The van der Waals surface area contributed by atoms with Crippen molar-refractivity contribution in [3.63, 3.8) is 0 Å². The second kappa shape index (κ2) is 10.7. The van der Waals surface area contributed by atoms with Gasteiger partial charge in [0, 0.05) is 25.1 Å². The van der Waals surface area contributed by atoms with Crippen molar-refractivity contribution in [1.82, 2.24) is 29.9 Å². The van der Waals surface area contributed by atoms with Crippen LogP contribution in [0.5, 0.6) is 11.5 Å². The molecule has 0 aliphatic rings. The number of methoxy groups -OCH3 is 2. The summed E-state index contributed by atoms with van der Waals surface area (Å²) in [6.07, 6.45) is 4.52. The minimum absolute atomic E-state index is 0.132. The smallest absolute Gasteiger partial charge is 0.381 e. The maximum Gasteiger partial charge on any atom is 0.381 e. The van der Waals surface area contributed by atoms with Gasteiger partial charge in [0.1, 0.15) is 6.61 Å². The highest BCUT2D eigenvalue weighted by Gasteiger charge is 2.20. The number of rotatable bonds is 10. The average molecular weight is 500 g/mol. The first-order chi connectivity index (χ1) is 17.0. The Morgan fingerprint density at radius 1 is 1.20 bits per heavy atom. The van der Waals surface area contributed by atoms with Crippen LogP contribution in [0.1, 0.15) is 16.2 Å². The Morgan fingerprint density at radius 3 is 2.69 bits per heavy atom. The van der Waals surface area contributed by atoms with E-state index in [1.165, 1.54) is 25.6 Å². The highest BCUT2D eigenvalue weighted by atomic mass is 32.1. The molecule has 0 unspecified atom stereocenters. The lowest BCUT2D eigenvalue weighted by atomic mass is 10.3. The lowest BCUT2D eigenvalue weighted by Gasteiger charge is -2.10. The van der Waals surface area contributed by atoms with Crippen molar-refractivity contribution in [2.24, 2.45) is 0 Å². The van der Waals surface area contributed by atoms with E-state index in [1.807, 2.05) is 13.0 Å². The zero-order valence-electron chi connectivity index (χ0n) is 18.8. The quantitative estimate of drug-likeness (QED) is 0.303. The minimum Gasteiger partial charge on any atom is -0.488 e. The van der Waals surface area contributed by atoms with Crippen LogP contribution in [0.4, 0.5) is 16.8 Å². The number of aryl methyl sites for hydroxylation is 1. The molecule has 0 bridgehead atoms. The number of nitrogens with one attached hydrogen (secondary N) is 2. The lowest BCUT2D eigenvalue weighted by Crippen LogP contribution is -2.17. The van der Waals surface area contributed by atoms with E-state index in [-0.39, 0.29) is 28.3 Å². The Hall–Kier alpha value is -4.37. The van der Waals surface area contributed by atoms with Gasteiger partial charge >= 0.3 is 5.63 Å². The van der Waals surface area contributed by atoms with E-state index in [4.69, 9.17) is 18.6 Å². The second-order valence-corrected chi connectivity index (χ2v) is 7.74. The number of carbonyl (C=O) groups excluding carboxylic acids is 1. The third kappa shape index (κ3) is 5.59. The summed E-state index contributed by atoms with van der Waals surface area (Å²) in [5.41, 5.74) is 0.118. The van der Waals surface area contributed by atoms with Crippen LogP contribution >= 0.6 is 11.3 Å². The van der Waals surface area contributed by atoms with Gasteiger partial charge in [0.2, 0.25) is 22.0 Å². The van der Waals surface area contributed by atoms with Crippen molar-refractivity contribution in [1.29, 1.82) is 0 Å². The second-order valence-electron chi connectivity index (χ2n) is 6.78. The van der Waals surface area contributed by atoms with Crippen LogP contribution in [0.3, 0.4) is 0 Å². The molecular formula is C20H20N8O6S. The predicted octanol–water partition coefficient (Wildman–Crippen LogP) is 1.81. The molecule has 15 heteroatoms. The Kier molecular flexibility index (Phi) is 7.27. The molecule has 2 N–H and O–H groups in total. The summed E-state index contributed by atoms with van der Waals surface area (Å²) in [7, 11) is 2.86. The fourth-order valence-electron chi connectivity index (χ4n) is 2.78. The molecule has 182 valence electrons. The number of aromatic nitrogens is 6. The van der Waals surface area contributed by atoms with Crippen LogP contribution in [0.25, 0.3) is 5.13 Å². The van der Waals surface area contributed by atoms with Gasteiger partial charge in [0.05, 0.1) is 31.8 Å². The van der Waals surface area contributed by atoms with Crippen molar-refractivity contribution in [3.8, 4) is 16.6 Å². The highest BCUT2D eigenvalue weighted by molar-refractivity contribution is 7.17. The number of carbonyl (C=O) groups is 1. The number of nitrogens with zero attached hydrogens (tertiary/aromatic N) is 6. The van der Waals surface area contributed by atoms with Crippen LogP contribution in [0.15, 0.2) is 39.9 Å². The molecule has 4 aromatic rings. The maximum absolute atomic E-state index is 12.7. The predicted molar refractivity (Wildman–Crippen MR) is 124 cm³/mol. The van der Waals surface area contributed by atoms with Gasteiger partial charge in [-0.05, 0) is 13.0 Å². The van der Waals surface area contributed by atoms with Crippen molar-refractivity contribution < 1.29 is 23.4 Å². The van der Waals surface area contributed by atoms with Crippen molar-refractivity contribution in [3.05, 3.63) is 52.6 Å². The van der Waals surface area contributed by atoms with E-state index < -0.39 is 11.5 Å². The zero-order valence-corrected chi connectivity index (χ0v) is 19.7. The van der Waals surface area contributed by atoms with Gasteiger partial charge in [0.25, 0.3) is 5.91 Å². The standard InChI is InChI=1S/C20H20N8O6S/c1-11-4-5-23-28(11)20-27-26-19(35-20)25-16(29)14-8-13(15(32-3)17(30)34-14)24-18-21-9-12(10-22-18)33-7-6-31-2/h4-5,8-10H,6-7H2,1-3H3,(H,21,22,24)(H,25,26,29). The first kappa shape index (κ1) is 23.8. The molecule has 0 saturated heterocycles. The summed E-state index contributed by atoms with van der Waals surface area (Å²) in [4.78, 5) is 33.4. The van der Waals surface area contributed by atoms with Crippen molar-refractivity contribution in [2.45, 2.75) is 6.92 Å². The summed E-state index contributed by atoms with van der Waals surface area (Å²) in [6, 6.07) is 3.10.